The number of carbonyl (C=O) groups excluding carboxylic acids is 1. The molecule has 0 saturated heterocycles. The molecule has 1 aromatic carbocycles. The van der Waals surface area contributed by atoms with Crippen LogP contribution in [0, 0.1) is 5.92 Å². The average Bonchev–Trinajstić information content (AvgIpc) is 2.88. The van der Waals surface area contributed by atoms with Gasteiger partial charge in [0.1, 0.15) is 0 Å². The van der Waals surface area contributed by atoms with Gasteiger partial charge in [-0.15, -0.1) is 0 Å². The Hall–Kier alpha value is -2.01. The summed E-state index contributed by atoms with van der Waals surface area (Å²) in [5.74, 6) is 0.203. The number of aromatic nitrogens is 1. The van der Waals surface area contributed by atoms with Crippen molar-refractivity contribution >= 4 is 16.9 Å². The maximum Gasteiger partial charge on any atom is 0.315 e. The molecule has 0 aliphatic rings. The number of hydrogen-bond donors (Lipinski definition) is 3. The molecule has 0 unspecified atom stereocenters. The molecule has 5 nitrogen and oxygen atoms in total. The van der Waals surface area contributed by atoms with Gasteiger partial charge in [-0.05, 0) is 23.4 Å². The minimum atomic E-state index is -0.237. The van der Waals surface area contributed by atoms with Gasteiger partial charge in [0.2, 0.25) is 0 Å². The average molecular weight is 289 g/mol. The van der Waals surface area contributed by atoms with Crippen molar-refractivity contribution in [3.05, 3.63) is 36.5 Å². The minimum Gasteiger partial charge on any atom is -0.394 e. The Balaban J connectivity index is 1.83. The van der Waals surface area contributed by atoms with Crippen molar-refractivity contribution in [1.29, 1.82) is 0 Å². The lowest BCUT2D eigenvalue weighted by molar-refractivity contribution is 0.198. The minimum absolute atomic E-state index is 0.0483. The molecule has 0 saturated carbocycles. The van der Waals surface area contributed by atoms with Crippen LogP contribution in [0.4, 0.5) is 4.79 Å². The third-order valence-electron chi connectivity index (χ3n) is 3.64. The molecule has 5 heteroatoms. The highest BCUT2D eigenvalue weighted by atomic mass is 16.3. The smallest absolute Gasteiger partial charge is 0.315 e. The Bertz CT molecular complexity index is 592. The van der Waals surface area contributed by atoms with Gasteiger partial charge in [0.15, 0.2) is 0 Å². The molecule has 0 aliphatic carbocycles. The number of para-hydroxylation sites is 1. The van der Waals surface area contributed by atoms with Crippen molar-refractivity contribution in [3.8, 4) is 0 Å². The standard InChI is InChI=1S/C16H23N3O2/c1-12(2)14(11-20)18-16(21)17-8-10-19-9-7-13-5-3-4-6-15(13)19/h3-7,9,12,14,20H,8,10-11H2,1-2H3,(H2,17,18,21)/t14-/m1/s1. The quantitative estimate of drug-likeness (QED) is 0.761. The lowest BCUT2D eigenvalue weighted by Crippen LogP contribution is -2.46. The van der Waals surface area contributed by atoms with E-state index in [0.717, 1.165) is 5.52 Å². The van der Waals surface area contributed by atoms with E-state index in [1.165, 1.54) is 5.39 Å². The maximum atomic E-state index is 11.8. The van der Waals surface area contributed by atoms with Crippen molar-refractivity contribution in [3.63, 3.8) is 0 Å². The monoisotopic (exact) mass is 289 g/mol. The van der Waals surface area contributed by atoms with Crippen LogP contribution in [-0.4, -0.2) is 34.9 Å². The van der Waals surface area contributed by atoms with Crippen molar-refractivity contribution in [2.75, 3.05) is 13.2 Å². The highest BCUT2D eigenvalue weighted by Gasteiger charge is 2.14. The molecule has 0 fully saturated rings. The molecule has 0 radical (unpaired) electrons. The van der Waals surface area contributed by atoms with Gasteiger partial charge in [-0.1, -0.05) is 32.0 Å². The number of hydrogen-bond acceptors (Lipinski definition) is 2. The number of rotatable bonds is 6. The zero-order valence-corrected chi connectivity index (χ0v) is 12.5. The number of fused-ring (bicyclic) bond motifs is 1. The van der Waals surface area contributed by atoms with Crippen LogP contribution in [0.5, 0.6) is 0 Å². The number of carbonyl (C=O) groups is 1. The first kappa shape index (κ1) is 15.4. The number of benzene rings is 1. The molecule has 1 heterocycles. The number of nitrogens with zero attached hydrogens (tertiary/aromatic N) is 1. The molecule has 1 atom stereocenters. The molecule has 1 aromatic heterocycles. The topological polar surface area (TPSA) is 66.3 Å². The van der Waals surface area contributed by atoms with Crippen molar-refractivity contribution in [2.24, 2.45) is 5.92 Å². The van der Waals surface area contributed by atoms with Crippen LogP contribution in [0.2, 0.25) is 0 Å². The van der Waals surface area contributed by atoms with E-state index in [1.807, 2.05) is 32.2 Å². The molecule has 0 aliphatic heterocycles. The van der Waals surface area contributed by atoms with E-state index in [1.54, 1.807) is 0 Å². The van der Waals surface area contributed by atoms with Crippen LogP contribution in [0.3, 0.4) is 0 Å². The lowest BCUT2D eigenvalue weighted by Gasteiger charge is -2.20. The van der Waals surface area contributed by atoms with E-state index in [2.05, 4.69) is 33.4 Å². The van der Waals surface area contributed by atoms with Crippen LogP contribution in [0.15, 0.2) is 36.5 Å². The predicted octanol–water partition coefficient (Wildman–Crippen LogP) is 1.96. The van der Waals surface area contributed by atoms with Gasteiger partial charge in [0.05, 0.1) is 12.6 Å². The summed E-state index contributed by atoms with van der Waals surface area (Å²) in [7, 11) is 0. The van der Waals surface area contributed by atoms with E-state index in [4.69, 9.17) is 0 Å². The Morgan fingerprint density at radius 3 is 2.76 bits per heavy atom. The second-order valence-electron chi connectivity index (χ2n) is 5.50. The Morgan fingerprint density at radius 1 is 1.29 bits per heavy atom. The van der Waals surface area contributed by atoms with Gasteiger partial charge in [0, 0.05) is 24.8 Å². The second kappa shape index (κ2) is 7.13. The summed E-state index contributed by atoms with van der Waals surface area (Å²) in [4.78, 5) is 11.8. The van der Waals surface area contributed by atoms with Gasteiger partial charge >= 0.3 is 6.03 Å². The first-order valence-electron chi connectivity index (χ1n) is 7.31. The highest BCUT2D eigenvalue weighted by Crippen LogP contribution is 2.14. The number of nitrogens with one attached hydrogen (secondary N) is 2. The summed E-state index contributed by atoms with van der Waals surface area (Å²) >= 11 is 0. The molecular weight excluding hydrogens is 266 g/mol. The second-order valence-corrected chi connectivity index (χ2v) is 5.50. The number of urea groups is 1. The van der Waals surface area contributed by atoms with E-state index < -0.39 is 0 Å². The van der Waals surface area contributed by atoms with E-state index in [9.17, 15) is 9.90 Å². The first-order valence-corrected chi connectivity index (χ1v) is 7.31. The molecule has 0 spiro atoms. The molecule has 2 rings (SSSR count). The van der Waals surface area contributed by atoms with Gasteiger partial charge < -0.3 is 20.3 Å². The Morgan fingerprint density at radius 2 is 2.05 bits per heavy atom. The van der Waals surface area contributed by atoms with Gasteiger partial charge in [-0.2, -0.15) is 0 Å². The third-order valence-corrected chi connectivity index (χ3v) is 3.64. The fourth-order valence-corrected chi connectivity index (χ4v) is 2.27. The lowest BCUT2D eigenvalue weighted by atomic mass is 10.1. The predicted molar refractivity (Wildman–Crippen MR) is 84.2 cm³/mol. The largest absolute Gasteiger partial charge is 0.394 e. The van der Waals surface area contributed by atoms with Gasteiger partial charge in [-0.3, -0.25) is 0 Å². The third kappa shape index (κ3) is 3.98. The van der Waals surface area contributed by atoms with Crippen LogP contribution in [0.25, 0.3) is 10.9 Å². The summed E-state index contributed by atoms with van der Waals surface area (Å²) in [6.45, 7) is 5.14. The Kier molecular flexibility index (Phi) is 5.22. The zero-order chi connectivity index (χ0) is 15.2. The SMILES string of the molecule is CC(C)[C@@H](CO)NC(=O)NCCn1ccc2ccccc21. The molecule has 2 aromatic rings. The number of aliphatic hydroxyl groups excluding tert-OH is 1. The van der Waals surface area contributed by atoms with E-state index in [0.29, 0.717) is 13.1 Å². The normalized spacial score (nSPS) is 12.6. The molecule has 3 N–H and O–H groups in total. The Labute approximate surface area is 125 Å². The van der Waals surface area contributed by atoms with Crippen LogP contribution in [0.1, 0.15) is 13.8 Å². The highest BCUT2D eigenvalue weighted by molar-refractivity contribution is 5.80. The number of aliphatic hydroxyl groups is 1. The summed E-state index contributed by atoms with van der Waals surface area (Å²) in [6.07, 6.45) is 2.02. The first-order chi connectivity index (χ1) is 10.1. The van der Waals surface area contributed by atoms with Crippen molar-refractivity contribution < 1.29 is 9.90 Å². The molecule has 2 amide bonds. The summed E-state index contributed by atoms with van der Waals surface area (Å²) in [6, 6.07) is 9.77. The molecule has 21 heavy (non-hydrogen) atoms. The summed E-state index contributed by atoms with van der Waals surface area (Å²) in [5, 5.41) is 16.0. The number of amides is 2. The fourth-order valence-electron chi connectivity index (χ4n) is 2.27. The molecular formula is C16H23N3O2. The van der Waals surface area contributed by atoms with Crippen molar-refractivity contribution in [2.45, 2.75) is 26.4 Å². The zero-order valence-electron chi connectivity index (χ0n) is 12.5. The van der Waals surface area contributed by atoms with Crippen molar-refractivity contribution in [1.82, 2.24) is 15.2 Å². The summed E-state index contributed by atoms with van der Waals surface area (Å²) in [5.41, 5.74) is 1.16. The van der Waals surface area contributed by atoms with Crippen LogP contribution >= 0.6 is 0 Å². The van der Waals surface area contributed by atoms with E-state index in [-0.39, 0.29) is 24.6 Å². The fraction of sp³-hybridized carbons (Fsp3) is 0.438. The molecule has 114 valence electrons. The maximum absolute atomic E-state index is 11.8. The van der Waals surface area contributed by atoms with E-state index >= 15 is 0 Å². The summed E-state index contributed by atoms with van der Waals surface area (Å²) < 4.78 is 2.11. The van der Waals surface area contributed by atoms with Crippen LogP contribution < -0.4 is 10.6 Å². The van der Waals surface area contributed by atoms with Crippen LogP contribution in [-0.2, 0) is 6.54 Å². The molecule has 0 bridgehead atoms. The van der Waals surface area contributed by atoms with Gasteiger partial charge in [-0.25, -0.2) is 4.79 Å². The van der Waals surface area contributed by atoms with Gasteiger partial charge in [0.25, 0.3) is 0 Å².